The van der Waals surface area contributed by atoms with Crippen LogP contribution < -0.4 is 5.32 Å². The summed E-state index contributed by atoms with van der Waals surface area (Å²) in [6.45, 7) is 6.18. The molecule has 2 aromatic rings. The van der Waals surface area contributed by atoms with Gasteiger partial charge in [-0.1, -0.05) is 13.8 Å². The highest BCUT2D eigenvalue weighted by molar-refractivity contribution is 7.14. The van der Waals surface area contributed by atoms with Gasteiger partial charge in [0.05, 0.1) is 11.1 Å². The molecule has 2 rings (SSSR count). The zero-order chi connectivity index (χ0) is 13.1. The second-order valence-electron chi connectivity index (χ2n) is 4.15. The van der Waals surface area contributed by atoms with Crippen LogP contribution in [0.25, 0.3) is 0 Å². The molecule has 0 saturated heterocycles. The van der Waals surface area contributed by atoms with Crippen LogP contribution in [0.1, 0.15) is 39.5 Å². The highest BCUT2D eigenvalue weighted by Crippen LogP contribution is 2.23. The number of carbonyl (C=O) groups is 1. The zero-order valence-electron chi connectivity index (χ0n) is 10.8. The number of aromatic amines is 1. The van der Waals surface area contributed by atoms with Crippen LogP contribution in [0.4, 0.5) is 5.82 Å². The molecule has 0 atom stereocenters. The molecule has 0 aliphatic carbocycles. The van der Waals surface area contributed by atoms with Gasteiger partial charge in [0, 0.05) is 10.4 Å². The third kappa shape index (κ3) is 2.46. The van der Waals surface area contributed by atoms with Crippen molar-refractivity contribution >= 4 is 23.1 Å². The minimum absolute atomic E-state index is 0.0678. The van der Waals surface area contributed by atoms with E-state index in [0.29, 0.717) is 5.82 Å². The molecule has 0 spiro atoms. The molecule has 0 aliphatic heterocycles. The Morgan fingerprint density at radius 2 is 2.22 bits per heavy atom. The number of anilines is 1. The van der Waals surface area contributed by atoms with E-state index in [-0.39, 0.29) is 5.91 Å². The molecule has 0 aromatic carbocycles. The van der Waals surface area contributed by atoms with Gasteiger partial charge in [-0.2, -0.15) is 5.10 Å². The van der Waals surface area contributed by atoms with Crippen molar-refractivity contribution in [2.24, 2.45) is 0 Å². The normalized spacial score (nSPS) is 10.6. The van der Waals surface area contributed by atoms with Gasteiger partial charge in [0.15, 0.2) is 0 Å². The van der Waals surface area contributed by atoms with Gasteiger partial charge in [-0.05, 0) is 31.4 Å². The number of rotatable bonds is 4. The average molecular weight is 263 g/mol. The molecule has 0 unspecified atom stereocenters. The van der Waals surface area contributed by atoms with Gasteiger partial charge in [0.1, 0.15) is 5.82 Å². The van der Waals surface area contributed by atoms with Crippen molar-refractivity contribution < 1.29 is 4.79 Å². The second-order valence-corrected chi connectivity index (χ2v) is 5.29. The van der Waals surface area contributed by atoms with Gasteiger partial charge in [-0.25, -0.2) is 0 Å². The summed E-state index contributed by atoms with van der Waals surface area (Å²) in [5.74, 6) is 0.633. The van der Waals surface area contributed by atoms with Gasteiger partial charge >= 0.3 is 0 Å². The number of amides is 1. The first-order valence-corrected chi connectivity index (χ1v) is 6.90. The Bertz CT molecular complexity index is 556. The number of carbonyl (C=O) groups excluding carboxylic acids is 1. The van der Waals surface area contributed by atoms with Crippen LogP contribution in [-0.2, 0) is 12.8 Å². The van der Waals surface area contributed by atoms with Crippen LogP contribution in [0.15, 0.2) is 12.3 Å². The lowest BCUT2D eigenvalue weighted by Gasteiger charge is -2.02. The van der Waals surface area contributed by atoms with Crippen LogP contribution in [0, 0.1) is 6.92 Å². The maximum Gasteiger partial charge on any atom is 0.266 e. The first-order valence-electron chi connectivity index (χ1n) is 6.08. The molecule has 96 valence electrons. The van der Waals surface area contributed by atoms with Crippen molar-refractivity contribution in [2.45, 2.75) is 33.6 Å². The molecule has 18 heavy (non-hydrogen) atoms. The van der Waals surface area contributed by atoms with Crippen LogP contribution in [0.3, 0.4) is 0 Å². The topological polar surface area (TPSA) is 57.8 Å². The predicted octanol–water partition coefficient (Wildman–Crippen LogP) is 3.16. The number of H-pyrrole nitrogens is 1. The van der Waals surface area contributed by atoms with E-state index in [1.54, 1.807) is 17.5 Å². The number of aromatic nitrogens is 2. The molecule has 1 amide bonds. The van der Waals surface area contributed by atoms with Crippen LogP contribution >= 0.6 is 11.3 Å². The summed E-state index contributed by atoms with van der Waals surface area (Å²) < 4.78 is 0. The van der Waals surface area contributed by atoms with E-state index >= 15 is 0 Å². The minimum atomic E-state index is -0.0678. The van der Waals surface area contributed by atoms with E-state index in [1.807, 2.05) is 19.9 Å². The van der Waals surface area contributed by atoms with E-state index < -0.39 is 0 Å². The number of thiophene rings is 1. The van der Waals surface area contributed by atoms with Gasteiger partial charge in [0.25, 0.3) is 5.91 Å². The van der Waals surface area contributed by atoms with E-state index in [0.717, 1.165) is 23.3 Å². The van der Waals surface area contributed by atoms with Crippen LogP contribution in [0.2, 0.25) is 0 Å². The van der Waals surface area contributed by atoms with Crippen molar-refractivity contribution in [3.63, 3.8) is 0 Å². The third-order valence-electron chi connectivity index (χ3n) is 2.90. The lowest BCUT2D eigenvalue weighted by Crippen LogP contribution is -2.11. The fourth-order valence-electron chi connectivity index (χ4n) is 1.85. The molecule has 0 fully saturated rings. The molecular weight excluding hydrogens is 246 g/mol. The second kappa shape index (κ2) is 5.35. The van der Waals surface area contributed by atoms with Crippen LogP contribution in [-0.4, -0.2) is 16.1 Å². The first kappa shape index (κ1) is 12.8. The third-order valence-corrected chi connectivity index (χ3v) is 4.28. The molecule has 0 bridgehead atoms. The number of hydrogen-bond acceptors (Lipinski definition) is 3. The summed E-state index contributed by atoms with van der Waals surface area (Å²) in [6.07, 6.45) is 3.55. The van der Waals surface area contributed by atoms with Gasteiger partial charge < -0.3 is 5.32 Å². The van der Waals surface area contributed by atoms with Gasteiger partial charge in [0.2, 0.25) is 0 Å². The van der Waals surface area contributed by atoms with Gasteiger partial charge in [-0.3, -0.25) is 9.89 Å². The summed E-state index contributed by atoms with van der Waals surface area (Å²) in [5.41, 5.74) is 2.21. The molecule has 0 saturated carbocycles. The van der Waals surface area contributed by atoms with E-state index in [9.17, 15) is 4.79 Å². The Morgan fingerprint density at radius 1 is 1.44 bits per heavy atom. The highest BCUT2D eigenvalue weighted by atomic mass is 32.1. The fraction of sp³-hybridized carbons (Fsp3) is 0.385. The average Bonchev–Trinajstić information content (AvgIpc) is 2.95. The molecule has 2 aromatic heterocycles. The molecule has 2 heterocycles. The summed E-state index contributed by atoms with van der Waals surface area (Å²) in [6, 6.07) is 1.95. The predicted molar refractivity (Wildman–Crippen MR) is 74.4 cm³/mol. The molecule has 2 N–H and O–H groups in total. The monoisotopic (exact) mass is 263 g/mol. The Hall–Kier alpha value is -1.62. The Labute approximate surface area is 110 Å². The summed E-state index contributed by atoms with van der Waals surface area (Å²) >= 11 is 1.56. The van der Waals surface area contributed by atoms with Crippen molar-refractivity contribution in [2.75, 3.05) is 5.32 Å². The van der Waals surface area contributed by atoms with E-state index in [4.69, 9.17) is 0 Å². The maximum absolute atomic E-state index is 12.1. The number of hydrogen-bond donors (Lipinski definition) is 2. The smallest absolute Gasteiger partial charge is 0.266 e. The highest BCUT2D eigenvalue weighted by Gasteiger charge is 2.13. The minimum Gasteiger partial charge on any atom is -0.306 e. The molecule has 0 aliphatic rings. The Morgan fingerprint density at radius 3 is 2.83 bits per heavy atom. The van der Waals surface area contributed by atoms with Crippen molar-refractivity contribution in [1.82, 2.24) is 10.2 Å². The summed E-state index contributed by atoms with van der Waals surface area (Å²) in [4.78, 5) is 14.1. The molecule has 4 nitrogen and oxygen atoms in total. The fourth-order valence-corrected chi connectivity index (χ4v) is 2.85. The lowest BCUT2D eigenvalue weighted by molar-refractivity contribution is 0.103. The van der Waals surface area contributed by atoms with E-state index in [1.165, 1.54) is 10.4 Å². The van der Waals surface area contributed by atoms with Crippen LogP contribution in [0.5, 0.6) is 0 Å². The Balaban J connectivity index is 2.16. The van der Waals surface area contributed by atoms with Crippen molar-refractivity contribution in [3.8, 4) is 0 Å². The maximum atomic E-state index is 12.1. The molecule has 0 radical (unpaired) electrons. The largest absolute Gasteiger partial charge is 0.306 e. The number of nitrogens with one attached hydrogen (secondary N) is 2. The van der Waals surface area contributed by atoms with Gasteiger partial charge in [-0.15, -0.1) is 11.3 Å². The Kier molecular flexibility index (Phi) is 3.81. The quantitative estimate of drug-likeness (QED) is 0.890. The summed E-state index contributed by atoms with van der Waals surface area (Å²) in [7, 11) is 0. The SMILES string of the molecule is CCc1cn[nH]c1NC(=O)c1cc(C)c(CC)s1. The molecule has 5 heteroatoms. The van der Waals surface area contributed by atoms with E-state index in [2.05, 4.69) is 22.4 Å². The van der Waals surface area contributed by atoms with Crippen molar-refractivity contribution in [1.29, 1.82) is 0 Å². The number of aryl methyl sites for hydroxylation is 3. The zero-order valence-corrected chi connectivity index (χ0v) is 11.6. The first-order chi connectivity index (χ1) is 8.65. The molecular formula is C13H17N3OS. The lowest BCUT2D eigenvalue weighted by atomic mass is 10.2. The summed E-state index contributed by atoms with van der Waals surface area (Å²) in [5, 5.41) is 9.63. The van der Waals surface area contributed by atoms with Crippen molar-refractivity contribution in [3.05, 3.63) is 33.1 Å². The standard InChI is InChI=1S/C13H17N3OS/c1-4-9-7-14-16-12(9)15-13(17)11-6-8(3)10(5-2)18-11/h6-7H,4-5H2,1-3H3,(H2,14,15,16,17). The number of nitrogens with zero attached hydrogens (tertiary/aromatic N) is 1.